The van der Waals surface area contributed by atoms with Crippen molar-refractivity contribution >= 4 is 52.6 Å². The molecule has 0 saturated carbocycles. The van der Waals surface area contributed by atoms with Gasteiger partial charge >= 0.3 is 0 Å². The molecule has 0 saturated heterocycles. The highest BCUT2D eigenvalue weighted by molar-refractivity contribution is 7.98. The van der Waals surface area contributed by atoms with Gasteiger partial charge in [-0.3, -0.25) is 9.59 Å². The van der Waals surface area contributed by atoms with E-state index in [9.17, 15) is 9.59 Å². The summed E-state index contributed by atoms with van der Waals surface area (Å²) < 4.78 is 6.72. The maximum absolute atomic E-state index is 12.8. The lowest BCUT2D eigenvalue weighted by Crippen LogP contribution is -2.28. The molecule has 1 aromatic carbocycles. The molecule has 1 aliphatic heterocycles. The normalized spacial score (nSPS) is 12.6. The molecular formula is C19H16Cl2N4O3S. The van der Waals surface area contributed by atoms with Crippen molar-refractivity contribution in [3.05, 3.63) is 69.2 Å². The second-order valence-electron chi connectivity index (χ2n) is 6.36. The van der Waals surface area contributed by atoms with Gasteiger partial charge < -0.3 is 15.1 Å². The third-order valence-corrected chi connectivity index (χ3v) is 5.89. The van der Waals surface area contributed by atoms with Gasteiger partial charge in [-0.05, 0) is 30.3 Å². The van der Waals surface area contributed by atoms with Crippen LogP contribution in [0.5, 0.6) is 0 Å². The molecule has 0 unspecified atom stereocenters. The van der Waals surface area contributed by atoms with Crippen LogP contribution in [0.3, 0.4) is 0 Å². The van der Waals surface area contributed by atoms with Gasteiger partial charge in [0, 0.05) is 22.1 Å². The highest BCUT2D eigenvalue weighted by Crippen LogP contribution is 2.35. The van der Waals surface area contributed by atoms with Crippen molar-refractivity contribution in [2.75, 3.05) is 5.32 Å². The predicted molar refractivity (Wildman–Crippen MR) is 112 cm³/mol. The summed E-state index contributed by atoms with van der Waals surface area (Å²) in [6.07, 6.45) is 1.55. The average molecular weight is 451 g/mol. The molecule has 0 radical (unpaired) electrons. The fourth-order valence-electron chi connectivity index (χ4n) is 2.96. The number of carbonyl (C=O) groups excluding carboxylic acids is 2. The molecule has 2 aromatic heterocycles. The minimum atomic E-state index is -0.408. The average Bonchev–Trinajstić information content (AvgIpc) is 3.42. The van der Waals surface area contributed by atoms with Gasteiger partial charge in [-0.1, -0.05) is 23.2 Å². The minimum absolute atomic E-state index is 0.0305. The summed E-state index contributed by atoms with van der Waals surface area (Å²) in [7, 11) is 0. The number of benzene rings is 1. The molecule has 29 heavy (non-hydrogen) atoms. The summed E-state index contributed by atoms with van der Waals surface area (Å²) in [4.78, 5) is 25.2. The van der Waals surface area contributed by atoms with E-state index in [1.807, 2.05) is 0 Å². The first-order chi connectivity index (χ1) is 14.0. The zero-order valence-corrected chi connectivity index (χ0v) is 17.4. The molecule has 0 fully saturated rings. The maximum atomic E-state index is 12.8. The van der Waals surface area contributed by atoms with Gasteiger partial charge in [-0.2, -0.15) is 16.9 Å². The van der Waals surface area contributed by atoms with Crippen molar-refractivity contribution in [1.82, 2.24) is 15.1 Å². The molecule has 0 bridgehead atoms. The Balaban J connectivity index is 1.52. The number of furan rings is 1. The van der Waals surface area contributed by atoms with Crippen molar-refractivity contribution in [2.24, 2.45) is 0 Å². The molecule has 150 valence electrons. The van der Waals surface area contributed by atoms with Crippen LogP contribution in [0.15, 0.2) is 41.0 Å². The number of thioether (sulfide) groups is 1. The number of halogens is 2. The number of nitrogens with zero attached hydrogens (tertiary/aromatic N) is 2. The Bertz CT molecular complexity index is 1070. The number of rotatable bonds is 6. The van der Waals surface area contributed by atoms with Crippen molar-refractivity contribution in [2.45, 2.75) is 24.6 Å². The standard InChI is InChI=1S/C19H16Cl2N4O3S/c20-11-3-4-15(21)13(6-11)19(27)23-18-14-9-29-10-16(14)24-25(18)8-17(26)22-7-12-2-1-5-28-12/h1-6H,7-10H2,(H,22,26)(H,23,27). The number of carbonyl (C=O) groups is 2. The molecule has 10 heteroatoms. The Morgan fingerprint density at radius 2 is 2.10 bits per heavy atom. The van der Waals surface area contributed by atoms with E-state index in [4.69, 9.17) is 27.6 Å². The fraction of sp³-hybridized carbons (Fsp3) is 0.211. The number of fused-ring (bicyclic) bond motifs is 1. The van der Waals surface area contributed by atoms with Gasteiger partial charge in [-0.25, -0.2) is 4.68 Å². The first kappa shape index (κ1) is 19.9. The molecular weight excluding hydrogens is 435 g/mol. The van der Waals surface area contributed by atoms with Crippen LogP contribution in [0.2, 0.25) is 10.0 Å². The van der Waals surface area contributed by atoms with Crippen LogP contribution < -0.4 is 10.6 Å². The molecule has 7 nitrogen and oxygen atoms in total. The van der Waals surface area contributed by atoms with E-state index >= 15 is 0 Å². The number of nitrogens with one attached hydrogen (secondary N) is 2. The van der Waals surface area contributed by atoms with Crippen LogP contribution in [-0.4, -0.2) is 21.6 Å². The molecule has 3 aromatic rings. The number of hydrogen-bond acceptors (Lipinski definition) is 5. The lowest BCUT2D eigenvalue weighted by atomic mass is 10.2. The Morgan fingerprint density at radius 3 is 2.90 bits per heavy atom. The van der Waals surface area contributed by atoms with Gasteiger partial charge in [0.1, 0.15) is 18.1 Å². The third kappa shape index (κ3) is 4.44. The van der Waals surface area contributed by atoms with Gasteiger partial charge in [0.05, 0.1) is 29.1 Å². The van der Waals surface area contributed by atoms with Crippen molar-refractivity contribution in [1.29, 1.82) is 0 Å². The fourth-order valence-corrected chi connectivity index (χ4v) is 4.37. The summed E-state index contributed by atoms with van der Waals surface area (Å²) in [5.74, 6) is 1.95. The van der Waals surface area contributed by atoms with Crippen LogP contribution in [0, 0.1) is 0 Å². The Morgan fingerprint density at radius 1 is 1.24 bits per heavy atom. The third-order valence-electron chi connectivity index (χ3n) is 4.36. The zero-order chi connectivity index (χ0) is 20.4. The van der Waals surface area contributed by atoms with Crippen molar-refractivity contribution in [3.63, 3.8) is 0 Å². The lowest BCUT2D eigenvalue weighted by Gasteiger charge is -2.12. The van der Waals surface area contributed by atoms with E-state index in [-0.39, 0.29) is 24.6 Å². The number of aromatic nitrogens is 2. The molecule has 2 amide bonds. The highest BCUT2D eigenvalue weighted by atomic mass is 35.5. The van der Waals surface area contributed by atoms with E-state index in [1.165, 1.54) is 10.7 Å². The van der Waals surface area contributed by atoms with E-state index in [0.29, 0.717) is 27.4 Å². The lowest BCUT2D eigenvalue weighted by molar-refractivity contribution is -0.122. The monoisotopic (exact) mass is 450 g/mol. The summed E-state index contributed by atoms with van der Waals surface area (Å²) in [6, 6.07) is 8.22. The van der Waals surface area contributed by atoms with Crippen LogP contribution >= 0.6 is 35.0 Å². The van der Waals surface area contributed by atoms with Crippen LogP contribution in [0.4, 0.5) is 5.82 Å². The van der Waals surface area contributed by atoms with E-state index in [2.05, 4.69) is 15.7 Å². The van der Waals surface area contributed by atoms with Crippen LogP contribution in [0.25, 0.3) is 0 Å². The second kappa shape index (κ2) is 8.52. The highest BCUT2D eigenvalue weighted by Gasteiger charge is 2.25. The first-order valence-electron chi connectivity index (χ1n) is 8.73. The smallest absolute Gasteiger partial charge is 0.258 e. The molecule has 4 rings (SSSR count). The number of anilines is 1. The van der Waals surface area contributed by atoms with Crippen molar-refractivity contribution in [3.8, 4) is 0 Å². The number of amides is 2. The summed E-state index contributed by atoms with van der Waals surface area (Å²) >= 11 is 13.8. The topological polar surface area (TPSA) is 89.2 Å². The predicted octanol–water partition coefficient (Wildman–Crippen LogP) is 4.10. The Kier molecular flexibility index (Phi) is 5.84. The summed E-state index contributed by atoms with van der Waals surface area (Å²) in [5, 5.41) is 10.8. The van der Waals surface area contributed by atoms with Crippen LogP contribution in [-0.2, 0) is 29.4 Å². The van der Waals surface area contributed by atoms with Crippen LogP contribution in [0.1, 0.15) is 27.4 Å². The van der Waals surface area contributed by atoms with Gasteiger partial charge in [0.15, 0.2) is 0 Å². The summed E-state index contributed by atoms with van der Waals surface area (Å²) in [5.41, 5.74) is 2.04. The minimum Gasteiger partial charge on any atom is -0.467 e. The van der Waals surface area contributed by atoms with E-state index in [0.717, 1.165) is 17.0 Å². The molecule has 0 spiro atoms. The molecule has 0 aliphatic carbocycles. The molecule has 1 aliphatic rings. The Hall–Kier alpha value is -2.42. The number of hydrogen-bond donors (Lipinski definition) is 2. The van der Waals surface area contributed by atoms with E-state index in [1.54, 1.807) is 42.3 Å². The van der Waals surface area contributed by atoms with E-state index < -0.39 is 5.91 Å². The quantitative estimate of drug-likeness (QED) is 0.589. The second-order valence-corrected chi connectivity index (χ2v) is 8.19. The van der Waals surface area contributed by atoms with Crippen molar-refractivity contribution < 1.29 is 14.0 Å². The Labute approximate surface area is 180 Å². The SMILES string of the molecule is O=C(Cn1nc2c(c1NC(=O)c1cc(Cl)ccc1Cl)CSC2)NCc1ccco1. The molecule has 0 atom stereocenters. The van der Waals surface area contributed by atoms with Gasteiger partial charge in [0.2, 0.25) is 5.91 Å². The molecule has 3 heterocycles. The zero-order valence-electron chi connectivity index (χ0n) is 15.1. The molecule has 2 N–H and O–H groups in total. The maximum Gasteiger partial charge on any atom is 0.258 e. The summed E-state index contributed by atoms with van der Waals surface area (Å²) in [6.45, 7) is 0.250. The first-order valence-corrected chi connectivity index (χ1v) is 10.6. The van der Waals surface area contributed by atoms with Gasteiger partial charge in [-0.15, -0.1) is 0 Å². The van der Waals surface area contributed by atoms with Gasteiger partial charge in [0.25, 0.3) is 5.91 Å². The largest absolute Gasteiger partial charge is 0.467 e.